The number of carbonyl (C=O) groups excluding carboxylic acids is 1. The lowest BCUT2D eigenvalue weighted by atomic mass is 10.1. The monoisotopic (exact) mass is 288 g/mol. The highest BCUT2D eigenvalue weighted by atomic mass is 16.5. The van der Waals surface area contributed by atoms with Crippen molar-refractivity contribution in [2.75, 3.05) is 26.8 Å². The largest absolute Gasteiger partial charge is 0.497 e. The van der Waals surface area contributed by atoms with Crippen LogP contribution >= 0.6 is 0 Å². The Bertz CT molecular complexity index is 608. The number of hydrogen-bond acceptors (Lipinski definition) is 5. The first kappa shape index (κ1) is 13.4. The van der Waals surface area contributed by atoms with E-state index < -0.39 is 0 Å². The summed E-state index contributed by atoms with van der Waals surface area (Å²) < 4.78 is 12.4. The Balaban J connectivity index is 1.47. The van der Waals surface area contributed by atoms with Crippen molar-refractivity contribution >= 4 is 5.91 Å². The van der Waals surface area contributed by atoms with Crippen LogP contribution in [0, 0.1) is 0 Å². The van der Waals surface area contributed by atoms with E-state index in [-0.39, 0.29) is 18.6 Å². The molecular weight excluding hydrogens is 272 g/mol. The van der Waals surface area contributed by atoms with Crippen molar-refractivity contribution < 1.29 is 14.3 Å². The van der Waals surface area contributed by atoms with Crippen LogP contribution in [0.2, 0.25) is 0 Å². The normalized spacial score (nSPS) is 14.6. The van der Waals surface area contributed by atoms with E-state index in [0.717, 1.165) is 0 Å². The van der Waals surface area contributed by atoms with E-state index in [2.05, 4.69) is 10.3 Å². The van der Waals surface area contributed by atoms with Crippen LogP contribution in [0.15, 0.2) is 36.7 Å². The maximum atomic E-state index is 12.0. The lowest BCUT2D eigenvalue weighted by molar-refractivity contribution is -0.139. The molecule has 1 fully saturated rings. The molecular formula is C14H16N4O3. The second kappa shape index (κ2) is 5.82. The molecule has 110 valence electrons. The van der Waals surface area contributed by atoms with E-state index in [9.17, 15) is 4.79 Å². The molecule has 7 heteroatoms. The Morgan fingerprint density at radius 1 is 1.38 bits per heavy atom. The molecule has 0 N–H and O–H groups in total. The number of ether oxygens (including phenoxy) is 2. The maximum absolute atomic E-state index is 12.0. The molecule has 1 aromatic heterocycles. The average molecular weight is 288 g/mol. The van der Waals surface area contributed by atoms with Crippen LogP contribution < -0.4 is 9.47 Å². The average Bonchev–Trinajstić information content (AvgIpc) is 2.98. The third-order valence-corrected chi connectivity index (χ3v) is 3.43. The summed E-state index contributed by atoms with van der Waals surface area (Å²) in [5.41, 5.74) is 0. The predicted octanol–water partition coefficient (Wildman–Crippen LogP) is 0.749. The van der Waals surface area contributed by atoms with Crippen LogP contribution in [-0.2, 0) is 4.79 Å². The number of amides is 1. The Hall–Kier alpha value is -2.57. The number of aromatic nitrogens is 3. The zero-order valence-electron chi connectivity index (χ0n) is 11.7. The maximum Gasteiger partial charge on any atom is 0.260 e. The van der Waals surface area contributed by atoms with Crippen molar-refractivity contribution in [1.29, 1.82) is 0 Å². The highest BCUT2D eigenvalue weighted by Gasteiger charge is 2.32. The van der Waals surface area contributed by atoms with Gasteiger partial charge in [0.05, 0.1) is 19.3 Å². The van der Waals surface area contributed by atoms with Crippen molar-refractivity contribution in [3.63, 3.8) is 0 Å². The highest BCUT2D eigenvalue weighted by molar-refractivity contribution is 5.78. The molecule has 0 aliphatic carbocycles. The summed E-state index contributed by atoms with van der Waals surface area (Å²) in [7, 11) is 1.59. The second-order valence-electron chi connectivity index (χ2n) is 4.80. The van der Waals surface area contributed by atoms with Crippen molar-refractivity contribution in [2.45, 2.75) is 6.04 Å². The third kappa shape index (κ3) is 2.96. The molecule has 3 rings (SSSR count). The van der Waals surface area contributed by atoms with Crippen molar-refractivity contribution in [3.05, 3.63) is 36.7 Å². The van der Waals surface area contributed by atoms with Gasteiger partial charge in [-0.15, -0.1) is 5.10 Å². The zero-order valence-corrected chi connectivity index (χ0v) is 11.7. The van der Waals surface area contributed by atoms with E-state index in [4.69, 9.17) is 9.47 Å². The van der Waals surface area contributed by atoms with Crippen LogP contribution in [0.5, 0.6) is 11.5 Å². The fourth-order valence-corrected chi connectivity index (χ4v) is 2.17. The van der Waals surface area contributed by atoms with E-state index in [1.807, 2.05) is 12.1 Å². The molecule has 0 spiro atoms. The molecule has 0 saturated carbocycles. The fraction of sp³-hybridized carbons (Fsp3) is 0.357. The first-order chi connectivity index (χ1) is 10.3. The topological polar surface area (TPSA) is 69.5 Å². The van der Waals surface area contributed by atoms with Gasteiger partial charge in [0.1, 0.15) is 11.5 Å². The molecule has 0 bridgehead atoms. The first-order valence-corrected chi connectivity index (χ1v) is 6.66. The minimum atomic E-state index is -0.0332. The van der Waals surface area contributed by atoms with Crippen LogP contribution in [0.4, 0.5) is 0 Å². The van der Waals surface area contributed by atoms with E-state index in [1.165, 1.54) is 0 Å². The van der Waals surface area contributed by atoms with Gasteiger partial charge in [-0.2, -0.15) is 0 Å². The van der Waals surface area contributed by atoms with E-state index >= 15 is 0 Å². The molecule has 1 aliphatic rings. The van der Waals surface area contributed by atoms with Crippen molar-refractivity contribution in [3.8, 4) is 11.5 Å². The predicted molar refractivity (Wildman–Crippen MR) is 74.1 cm³/mol. The number of methoxy groups -OCH3 is 1. The number of nitrogens with zero attached hydrogens (tertiary/aromatic N) is 4. The lowest BCUT2D eigenvalue weighted by Crippen LogP contribution is -2.52. The number of carbonyl (C=O) groups is 1. The third-order valence-electron chi connectivity index (χ3n) is 3.43. The molecule has 1 saturated heterocycles. The Morgan fingerprint density at radius 3 is 2.90 bits per heavy atom. The molecule has 7 nitrogen and oxygen atoms in total. The zero-order chi connectivity index (χ0) is 14.7. The van der Waals surface area contributed by atoms with Gasteiger partial charge in [0.15, 0.2) is 6.61 Å². The summed E-state index contributed by atoms with van der Waals surface area (Å²) in [5.74, 6) is 1.29. The number of benzene rings is 1. The lowest BCUT2D eigenvalue weighted by Gasteiger charge is -2.38. The molecule has 1 aromatic carbocycles. The molecule has 0 unspecified atom stereocenters. The molecule has 1 aliphatic heterocycles. The Kier molecular flexibility index (Phi) is 3.72. The van der Waals surface area contributed by atoms with Crippen LogP contribution in [0.25, 0.3) is 0 Å². The summed E-state index contributed by atoms with van der Waals surface area (Å²) in [6.45, 7) is 1.31. The molecule has 0 atom stereocenters. The SMILES string of the molecule is COc1cccc(OCC(=O)N2CC(n3ccnn3)C2)c1. The van der Waals surface area contributed by atoms with Gasteiger partial charge in [-0.25, -0.2) is 4.68 Å². The molecule has 21 heavy (non-hydrogen) atoms. The molecule has 2 heterocycles. The van der Waals surface area contributed by atoms with Gasteiger partial charge in [-0.3, -0.25) is 4.79 Å². The van der Waals surface area contributed by atoms with Crippen LogP contribution in [-0.4, -0.2) is 52.6 Å². The number of rotatable bonds is 5. The van der Waals surface area contributed by atoms with Crippen LogP contribution in [0.1, 0.15) is 6.04 Å². The van der Waals surface area contributed by atoms with Gasteiger partial charge in [0, 0.05) is 25.4 Å². The number of likely N-dealkylation sites (tertiary alicyclic amines) is 1. The minimum Gasteiger partial charge on any atom is -0.497 e. The van der Waals surface area contributed by atoms with Crippen molar-refractivity contribution in [2.24, 2.45) is 0 Å². The molecule has 1 amide bonds. The van der Waals surface area contributed by atoms with Gasteiger partial charge >= 0.3 is 0 Å². The minimum absolute atomic E-state index is 0.0250. The summed E-state index contributed by atoms with van der Waals surface area (Å²) in [4.78, 5) is 13.7. The van der Waals surface area contributed by atoms with E-state index in [1.54, 1.807) is 41.2 Å². The summed E-state index contributed by atoms with van der Waals surface area (Å²) in [5, 5.41) is 7.69. The Labute approximate surface area is 122 Å². The summed E-state index contributed by atoms with van der Waals surface area (Å²) >= 11 is 0. The van der Waals surface area contributed by atoms with Crippen LogP contribution in [0.3, 0.4) is 0 Å². The second-order valence-corrected chi connectivity index (χ2v) is 4.80. The molecule has 0 radical (unpaired) electrons. The molecule has 2 aromatic rings. The Morgan fingerprint density at radius 2 is 2.19 bits per heavy atom. The summed E-state index contributed by atoms with van der Waals surface area (Å²) in [6.07, 6.45) is 3.44. The fourth-order valence-electron chi connectivity index (χ4n) is 2.17. The smallest absolute Gasteiger partial charge is 0.260 e. The standard InChI is InChI=1S/C14H16N4O3/c1-20-12-3-2-4-13(7-12)21-10-14(19)17-8-11(9-17)18-6-5-15-16-18/h2-7,11H,8-10H2,1H3. The first-order valence-electron chi connectivity index (χ1n) is 6.66. The van der Waals surface area contributed by atoms with E-state index in [0.29, 0.717) is 24.6 Å². The van der Waals surface area contributed by atoms with Gasteiger partial charge in [-0.05, 0) is 12.1 Å². The van der Waals surface area contributed by atoms with Gasteiger partial charge in [-0.1, -0.05) is 11.3 Å². The summed E-state index contributed by atoms with van der Waals surface area (Å²) in [6, 6.07) is 7.41. The van der Waals surface area contributed by atoms with Gasteiger partial charge < -0.3 is 14.4 Å². The highest BCUT2D eigenvalue weighted by Crippen LogP contribution is 2.21. The van der Waals surface area contributed by atoms with Crippen molar-refractivity contribution in [1.82, 2.24) is 19.9 Å². The quantitative estimate of drug-likeness (QED) is 0.812. The van der Waals surface area contributed by atoms with Gasteiger partial charge in [0.2, 0.25) is 0 Å². The number of hydrogen-bond donors (Lipinski definition) is 0. The van der Waals surface area contributed by atoms with Gasteiger partial charge in [0.25, 0.3) is 5.91 Å².